The first-order valence-corrected chi connectivity index (χ1v) is 5.98. The van der Waals surface area contributed by atoms with Crippen molar-refractivity contribution in [3.8, 4) is 0 Å². The SMILES string of the molecule is CC(C)N1N=NC2CCCCCCC21. The largest absolute Gasteiger partial charge is 0.271 e. The van der Waals surface area contributed by atoms with Gasteiger partial charge in [-0.1, -0.05) is 30.9 Å². The Bertz CT molecular complexity index is 213. The number of fused-ring (bicyclic) bond motifs is 1. The minimum Gasteiger partial charge on any atom is -0.271 e. The maximum atomic E-state index is 4.41. The molecule has 0 bridgehead atoms. The number of hydrogen-bond acceptors (Lipinski definition) is 3. The van der Waals surface area contributed by atoms with Gasteiger partial charge in [0.15, 0.2) is 0 Å². The summed E-state index contributed by atoms with van der Waals surface area (Å²) < 4.78 is 0. The summed E-state index contributed by atoms with van der Waals surface area (Å²) in [5, 5.41) is 11.0. The average molecular weight is 195 g/mol. The van der Waals surface area contributed by atoms with Crippen molar-refractivity contribution in [1.82, 2.24) is 5.01 Å². The standard InChI is InChI=1S/C11H21N3/c1-9(2)14-11-8-6-4-3-5-7-10(11)12-13-14/h9-11H,3-8H2,1-2H3. The second kappa shape index (κ2) is 4.28. The Morgan fingerprint density at radius 1 is 1.07 bits per heavy atom. The van der Waals surface area contributed by atoms with Crippen molar-refractivity contribution in [2.75, 3.05) is 0 Å². The molecule has 3 heteroatoms. The van der Waals surface area contributed by atoms with Gasteiger partial charge in [0.2, 0.25) is 0 Å². The van der Waals surface area contributed by atoms with Gasteiger partial charge in [-0.25, -0.2) is 0 Å². The molecule has 1 saturated carbocycles. The molecule has 0 radical (unpaired) electrons. The van der Waals surface area contributed by atoms with Crippen LogP contribution >= 0.6 is 0 Å². The van der Waals surface area contributed by atoms with Crippen molar-refractivity contribution >= 4 is 0 Å². The van der Waals surface area contributed by atoms with Crippen molar-refractivity contribution in [2.45, 2.75) is 70.5 Å². The Morgan fingerprint density at radius 2 is 1.79 bits per heavy atom. The molecule has 1 heterocycles. The highest BCUT2D eigenvalue weighted by molar-refractivity contribution is 4.88. The van der Waals surface area contributed by atoms with Gasteiger partial charge in [-0.15, -0.1) is 0 Å². The average Bonchev–Trinajstić information content (AvgIpc) is 2.47. The van der Waals surface area contributed by atoms with Gasteiger partial charge in [0.25, 0.3) is 0 Å². The van der Waals surface area contributed by atoms with E-state index in [0.717, 1.165) is 0 Å². The Morgan fingerprint density at radius 3 is 2.50 bits per heavy atom. The minimum atomic E-state index is 0.498. The summed E-state index contributed by atoms with van der Waals surface area (Å²) in [6.07, 6.45) is 8.02. The van der Waals surface area contributed by atoms with Crippen LogP contribution in [0.5, 0.6) is 0 Å². The predicted molar refractivity (Wildman–Crippen MR) is 57.1 cm³/mol. The highest BCUT2D eigenvalue weighted by atomic mass is 15.6. The molecule has 2 aliphatic rings. The highest BCUT2D eigenvalue weighted by Crippen LogP contribution is 2.30. The van der Waals surface area contributed by atoms with Gasteiger partial charge in [-0.3, -0.25) is 5.01 Å². The van der Waals surface area contributed by atoms with Gasteiger partial charge < -0.3 is 0 Å². The molecule has 1 aliphatic heterocycles. The normalized spacial score (nSPS) is 32.9. The second-order valence-corrected chi connectivity index (χ2v) is 4.80. The van der Waals surface area contributed by atoms with Gasteiger partial charge in [-0.2, -0.15) is 5.11 Å². The molecule has 2 unspecified atom stereocenters. The molecule has 0 aromatic heterocycles. The van der Waals surface area contributed by atoms with Gasteiger partial charge in [0.1, 0.15) is 0 Å². The fourth-order valence-electron chi connectivity index (χ4n) is 2.57. The Hall–Kier alpha value is -0.600. The van der Waals surface area contributed by atoms with Crippen LogP contribution in [0, 0.1) is 0 Å². The zero-order valence-corrected chi connectivity index (χ0v) is 9.32. The van der Waals surface area contributed by atoms with Crippen molar-refractivity contribution in [2.24, 2.45) is 10.3 Å². The van der Waals surface area contributed by atoms with Gasteiger partial charge in [0, 0.05) is 6.04 Å². The van der Waals surface area contributed by atoms with Crippen LogP contribution in [0.15, 0.2) is 10.3 Å². The molecule has 1 aliphatic carbocycles. The topological polar surface area (TPSA) is 28.0 Å². The molecule has 2 atom stereocenters. The van der Waals surface area contributed by atoms with Crippen LogP contribution in [0.3, 0.4) is 0 Å². The van der Waals surface area contributed by atoms with Crippen molar-refractivity contribution in [3.05, 3.63) is 0 Å². The molecule has 1 fully saturated rings. The molecule has 0 aromatic rings. The smallest absolute Gasteiger partial charge is 0.0949 e. The fourth-order valence-corrected chi connectivity index (χ4v) is 2.57. The maximum absolute atomic E-state index is 4.41. The van der Waals surface area contributed by atoms with E-state index in [2.05, 4.69) is 29.2 Å². The lowest BCUT2D eigenvalue weighted by Crippen LogP contribution is -2.39. The third-order valence-corrected chi connectivity index (χ3v) is 3.37. The van der Waals surface area contributed by atoms with Crippen LogP contribution in [0.4, 0.5) is 0 Å². The van der Waals surface area contributed by atoms with Crippen molar-refractivity contribution in [3.63, 3.8) is 0 Å². The van der Waals surface area contributed by atoms with Crippen molar-refractivity contribution in [1.29, 1.82) is 0 Å². The number of hydrogen-bond donors (Lipinski definition) is 0. The van der Waals surface area contributed by atoms with Crippen LogP contribution in [0.25, 0.3) is 0 Å². The monoisotopic (exact) mass is 195 g/mol. The molecule has 0 N–H and O–H groups in total. The Kier molecular flexibility index (Phi) is 3.04. The van der Waals surface area contributed by atoms with E-state index in [0.29, 0.717) is 18.1 Å². The molecule has 80 valence electrons. The molecular weight excluding hydrogens is 174 g/mol. The molecule has 3 nitrogen and oxygen atoms in total. The van der Waals surface area contributed by atoms with Crippen LogP contribution in [0.2, 0.25) is 0 Å². The van der Waals surface area contributed by atoms with Gasteiger partial charge in [0.05, 0.1) is 12.1 Å². The van der Waals surface area contributed by atoms with Gasteiger partial charge >= 0.3 is 0 Å². The molecule has 2 rings (SSSR count). The highest BCUT2D eigenvalue weighted by Gasteiger charge is 2.33. The minimum absolute atomic E-state index is 0.498. The van der Waals surface area contributed by atoms with E-state index in [1.54, 1.807) is 0 Å². The zero-order chi connectivity index (χ0) is 9.97. The number of nitrogens with zero attached hydrogens (tertiary/aromatic N) is 3. The second-order valence-electron chi connectivity index (χ2n) is 4.80. The summed E-state index contributed by atoms with van der Waals surface area (Å²) >= 11 is 0. The lowest BCUT2D eigenvalue weighted by molar-refractivity contribution is 0.155. The van der Waals surface area contributed by atoms with E-state index >= 15 is 0 Å². The Balaban J connectivity index is 2.02. The molecule has 0 saturated heterocycles. The summed E-state index contributed by atoms with van der Waals surface area (Å²) in [7, 11) is 0. The molecular formula is C11H21N3. The van der Waals surface area contributed by atoms with E-state index in [4.69, 9.17) is 0 Å². The van der Waals surface area contributed by atoms with Gasteiger partial charge in [-0.05, 0) is 26.7 Å². The lowest BCUT2D eigenvalue weighted by Gasteiger charge is -2.29. The van der Waals surface area contributed by atoms with E-state index in [1.165, 1.54) is 38.5 Å². The van der Waals surface area contributed by atoms with Crippen LogP contribution < -0.4 is 0 Å². The molecule has 0 aromatic carbocycles. The van der Waals surface area contributed by atoms with Crippen LogP contribution in [0.1, 0.15) is 52.4 Å². The first kappa shape index (κ1) is 9.94. The summed E-state index contributed by atoms with van der Waals surface area (Å²) in [6.45, 7) is 4.42. The lowest BCUT2D eigenvalue weighted by atomic mass is 9.92. The van der Waals surface area contributed by atoms with E-state index in [9.17, 15) is 0 Å². The first-order chi connectivity index (χ1) is 6.79. The van der Waals surface area contributed by atoms with E-state index in [1.807, 2.05) is 0 Å². The van der Waals surface area contributed by atoms with Crippen LogP contribution in [-0.2, 0) is 0 Å². The first-order valence-electron chi connectivity index (χ1n) is 5.98. The maximum Gasteiger partial charge on any atom is 0.0949 e. The summed E-state index contributed by atoms with van der Waals surface area (Å²) in [4.78, 5) is 0. The van der Waals surface area contributed by atoms with E-state index in [-0.39, 0.29) is 0 Å². The molecule has 0 amide bonds. The van der Waals surface area contributed by atoms with Crippen LogP contribution in [-0.4, -0.2) is 23.1 Å². The fraction of sp³-hybridized carbons (Fsp3) is 1.00. The Labute approximate surface area is 86.6 Å². The third-order valence-electron chi connectivity index (χ3n) is 3.37. The predicted octanol–water partition coefficient (Wildman–Crippen LogP) is 3.17. The summed E-state index contributed by atoms with van der Waals surface area (Å²) in [6, 6.07) is 1.61. The quantitative estimate of drug-likeness (QED) is 0.631. The van der Waals surface area contributed by atoms with Crippen molar-refractivity contribution < 1.29 is 0 Å². The summed E-state index contributed by atoms with van der Waals surface area (Å²) in [5.41, 5.74) is 0. The third kappa shape index (κ3) is 1.91. The van der Waals surface area contributed by atoms with E-state index < -0.39 is 0 Å². The zero-order valence-electron chi connectivity index (χ0n) is 9.32. The molecule has 0 spiro atoms. The molecule has 14 heavy (non-hydrogen) atoms. The number of rotatable bonds is 1. The summed E-state index contributed by atoms with van der Waals surface area (Å²) in [5.74, 6) is 0.